The standard InChI is InChI=1S/C18H33NOS/c1-2-9-19-13-16-5-3-4-6-17(16)15-7-10-20-18(12-15)8-11-21-14-18/h15-17,19H,2-14H2,1H3. The van der Waals surface area contributed by atoms with Gasteiger partial charge in [-0.15, -0.1) is 0 Å². The molecule has 0 amide bonds. The van der Waals surface area contributed by atoms with Gasteiger partial charge in [-0.25, -0.2) is 0 Å². The van der Waals surface area contributed by atoms with E-state index >= 15 is 0 Å². The predicted molar refractivity (Wildman–Crippen MR) is 92.0 cm³/mol. The molecule has 1 aliphatic carbocycles. The van der Waals surface area contributed by atoms with Crippen LogP contribution in [0.4, 0.5) is 0 Å². The molecule has 1 saturated carbocycles. The van der Waals surface area contributed by atoms with Gasteiger partial charge >= 0.3 is 0 Å². The topological polar surface area (TPSA) is 21.3 Å². The average molecular weight is 312 g/mol. The van der Waals surface area contributed by atoms with Crippen LogP contribution in [0.25, 0.3) is 0 Å². The number of ether oxygens (including phenoxy) is 1. The third kappa shape index (κ3) is 3.97. The van der Waals surface area contributed by atoms with Gasteiger partial charge in [-0.2, -0.15) is 11.8 Å². The van der Waals surface area contributed by atoms with Crippen molar-refractivity contribution in [1.82, 2.24) is 5.32 Å². The number of hydrogen-bond acceptors (Lipinski definition) is 3. The van der Waals surface area contributed by atoms with E-state index in [2.05, 4.69) is 24.0 Å². The van der Waals surface area contributed by atoms with Crippen LogP contribution in [0.2, 0.25) is 0 Å². The Kier molecular flexibility index (Phi) is 5.92. The monoisotopic (exact) mass is 311 g/mol. The number of thioether (sulfide) groups is 1. The fourth-order valence-corrected chi connectivity index (χ4v) is 6.25. The van der Waals surface area contributed by atoms with Crippen LogP contribution in [0.5, 0.6) is 0 Å². The van der Waals surface area contributed by atoms with Crippen LogP contribution in [0, 0.1) is 17.8 Å². The highest BCUT2D eigenvalue weighted by Gasteiger charge is 2.44. The minimum absolute atomic E-state index is 0.270. The van der Waals surface area contributed by atoms with Crippen molar-refractivity contribution in [3.63, 3.8) is 0 Å². The Hall–Kier alpha value is 0.270. The molecule has 2 heterocycles. The Morgan fingerprint density at radius 1 is 1.24 bits per heavy atom. The maximum Gasteiger partial charge on any atom is 0.0783 e. The third-order valence-electron chi connectivity index (χ3n) is 6.00. The van der Waals surface area contributed by atoms with Crippen molar-refractivity contribution >= 4 is 11.8 Å². The van der Waals surface area contributed by atoms with Gasteiger partial charge in [0, 0.05) is 12.4 Å². The lowest BCUT2D eigenvalue weighted by Crippen LogP contribution is -2.44. The second-order valence-corrected chi connectivity index (χ2v) is 8.60. The van der Waals surface area contributed by atoms with Crippen molar-refractivity contribution in [2.45, 2.75) is 63.9 Å². The van der Waals surface area contributed by atoms with Crippen LogP contribution >= 0.6 is 11.8 Å². The minimum Gasteiger partial charge on any atom is -0.374 e. The van der Waals surface area contributed by atoms with Gasteiger partial charge in [-0.05, 0) is 75.1 Å². The summed E-state index contributed by atoms with van der Waals surface area (Å²) in [6.07, 6.45) is 11.1. The Morgan fingerprint density at radius 2 is 2.14 bits per heavy atom. The van der Waals surface area contributed by atoms with Crippen molar-refractivity contribution in [2.24, 2.45) is 17.8 Å². The molecule has 4 unspecified atom stereocenters. The van der Waals surface area contributed by atoms with Crippen LogP contribution in [-0.2, 0) is 4.74 Å². The summed E-state index contributed by atoms with van der Waals surface area (Å²) in [6, 6.07) is 0. The molecular weight excluding hydrogens is 278 g/mol. The first-order valence-corrected chi connectivity index (χ1v) is 10.4. The van der Waals surface area contributed by atoms with Crippen molar-refractivity contribution in [2.75, 3.05) is 31.2 Å². The predicted octanol–water partition coefficient (Wildman–Crippen LogP) is 4.09. The molecule has 3 fully saturated rings. The molecule has 0 aromatic rings. The Bertz CT molecular complexity index is 316. The summed E-state index contributed by atoms with van der Waals surface area (Å²) < 4.78 is 6.24. The molecule has 2 nitrogen and oxygen atoms in total. The van der Waals surface area contributed by atoms with Gasteiger partial charge in [0.2, 0.25) is 0 Å². The van der Waals surface area contributed by atoms with E-state index in [0.717, 1.165) is 24.4 Å². The highest BCUT2D eigenvalue weighted by atomic mass is 32.2. The fraction of sp³-hybridized carbons (Fsp3) is 1.00. The third-order valence-corrected chi connectivity index (χ3v) is 7.23. The molecule has 3 aliphatic rings. The highest BCUT2D eigenvalue weighted by molar-refractivity contribution is 7.99. The van der Waals surface area contributed by atoms with Gasteiger partial charge in [0.15, 0.2) is 0 Å². The maximum absolute atomic E-state index is 6.24. The summed E-state index contributed by atoms with van der Waals surface area (Å²) in [5, 5.41) is 3.70. The second kappa shape index (κ2) is 7.70. The zero-order valence-corrected chi connectivity index (χ0v) is 14.6. The summed E-state index contributed by atoms with van der Waals surface area (Å²) >= 11 is 2.11. The first-order valence-electron chi connectivity index (χ1n) is 9.25. The summed E-state index contributed by atoms with van der Waals surface area (Å²) in [7, 11) is 0. The van der Waals surface area contributed by atoms with Crippen LogP contribution in [0.1, 0.15) is 58.3 Å². The molecule has 2 aliphatic heterocycles. The lowest BCUT2D eigenvalue weighted by atomic mass is 9.67. The van der Waals surface area contributed by atoms with Crippen LogP contribution < -0.4 is 5.32 Å². The molecule has 21 heavy (non-hydrogen) atoms. The molecule has 1 spiro atoms. The quantitative estimate of drug-likeness (QED) is 0.773. The Morgan fingerprint density at radius 3 is 2.95 bits per heavy atom. The van der Waals surface area contributed by atoms with Gasteiger partial charge < -0.3 is 10.1 Å². The first-order chi connectivity index (χ1) is 10.3. The van der Waals surface area contributed by atoms with Gasteiger partial charge in [0.25, 0.3) is 0 Å². The van der Waals surface area contributed by atoms with Crippen LogP contribution in [-0.4, -0.2) is 36.8 Å². The van der Waals surface area contributed by atoms with E-state index in [1.807, 2.05) is 0 Å². The summed E-state index contributed by atoms with van der Waals surface area (Å²) in [4.78, 5) is 0. The van der Waals surface area contributed by atoms with Crippen molar-refractivity contribution in [1.29, 1.82) is 0 Å². The molecule has 0 aromatic heterocycles. The smallest absolute Gasteiger partial charge is 0.0783 e. The van der Waals surface area contributed by atoms with Gasteiger partial charge in [-0.3, -0.25) is 0 Å². The number of nitrogens with one attached hydrogen (secondary N) is 1. The molecule has 0 bridgehead atoms. The molecule has 0 aromatic carbocycles. The lowest BCUT2D eigenvalue weighted by molar-refractivity contribution is -0.0965. The summed E-state index contributed by atoms with van der Waals surface area (Å²) in [5.74, 6) is 5.41. The van der Waals surface area contributed by atoms with E-state index in [0.29, 0.717) is 0 Å². The van der Waals surface area contributed by atoms with E-state index in [1.54, 1.807) is 0 Å². The number of rotatable bonds is 5. The van der Waals surface area contributed by atoms with E-state index < -0.39 is 0 Å². The molecule has 0 radical (unpaired) electrons. The molecule has 3 heteroatoms. The molecule has 2 saturated heterocycles. The normalized spacial score (nSPS) is 40.7. The van der Waals surface area contributed by atoms with Crippen LogP contribution in [0.15, 0.2) is 0 Å². The second-order valence-electron chi connectivity index (χ2n) is 7.50. The van der Waals surface area contributed by atoms with E-state index in [4.69, 9.17) is 4.74 Å². The molecule has 1 N–H and O–H groups in total. The van der Waals surface area contributed by atoms with E-state index in [1.165, 1.54) is 76.0 Å². The van der Waals surface area contributed by atoms with Gasteiger partial charge in [0.05, 0.1) is 5.60 Å². The van der Waals surface area contributed by atoms with Crippen molar-refractivity contribution < 1.29 is 4.74 Å². The summed E-state index contributed by atoms with van der Waals surface area (Å²) in [6.45, 7) is 5.75. The number of hydrogen-bond donors (Lipinski definition) is 1. The fourth-order valence-electron chi connectivity index (χ4n) is 4.87. The zero-order valence-electron chi connectivity index (χ0n) is 13.7. The van der Waals surface area contributed by atoms with E-state index in [9.17, 15) is 0 Å². The SMILES string of the molecule is CCCNCC1CCCCC1C1CCOC2(CCSC2)C1. The van der Waals surface area contributed by atoms with Crippen molar-refractivity contribution in [3.8, 4) is 0 Å². The van der Waals surface area contributed by atoms with E-state index in [-0.39, 0.29) is 5.60 Å². The molecular formula is C18H33NOS. The molecule has 122 valence electrons. The highest BCUT2D eigenvalue weighted by Crippen LogP contribution is 2.46. The first kappa shape index (κ1) is 16.1. The average Bonchev–Trinajstić information content (AvgIpc) is 2.96. The largest absolute Gasteiger partial charge is 0.374 e. The molecule has 4 atom stereocenters. The minimum atomic E-state index is 0.270. The van der Waals surface area contributed by atoms with Gasteiger partial charge in [-0.1, -0.05) is 19.8 Å². The van der Waals surface area contributed by atoms with Crippen molar-refractivity contribution in [3.05, 3.63) is 0 Å². The molecule has 3 rings (SSSR count). The summed E-state index contributed by atoms with van der Waals surface area (Å²) in [5.41, 5.74) is 0.270. The Labute approximate surface area is 135 Å². The lowest BCUT2D eigenvalue weighted by Gasteiger charge is -2.45. The maximum atomic E-state index is 6.24. The zero-order chi connectivity index (χ0) is 14.5. The van der Waals surface area contributed by atoms with Crippen LogP contribution in [0.3, 0.4) is 0 Å². The Balaban J connectivity index is 1.59. The van der Waals surface area contributed by atoms with Gasteiger partial charge in [0.1, 0.15) is 0 Å².